The molecule has 0 heterocycles. The van der Waals surface area contributed by atoms with Crippen molar-refractivity contribution in [3.05, 3.63) is 47.5 Å². The maximum atomic E-state index is 12.5. The molecule has 6 heteroatoms. The maximum Gasteiger partial charge on any atom is 0.416 e. The van der Waals surface area contributed by atoms with Crippen molar-refractivity contribution in [2.75, 3.05) is 13.1 Å². The van der Waals surface area contributed by atoms with E-state index >= 15 is 0 Å². The third kappa shape index (κ3) is 5.62. The molecule has 0 spiro atoms. The van der Waals surface area contributed by atoms with Gasteiger partial charge in [-0.05, 0) is 43.9 Å². The fraction of sp³-hybridized carbons (Fsp3) is 0.471. The van der Waals surface area contributed by atoms with Gasteiger partial charge in [-0.3, -0.25) is 4.99 Å². The van der Waals surface area contributed by atoms with Gasteiger partial charge in [-0.1, -0.05) is 24.3 Å². The Kier molecular flexibility index (Phi) is 6.07. The van der Waals surface area contributed by atoms with Crippen molar-refractivity contribution < 1.29 is 13.2 Å². The van der Waals surface area contributed by atoms with Crippen LogP contribution >= 0.6 is 0 Å². The number of nitrogens with zero attached hydrogens (tertiary/aromatic N) is 1. The van der Waals surface area contributed by atoms with Gasteiger partial charge < -0.3 is 10.6 Å². The van der Waals surface area contributed by atoms with Crippen LogP contribution in [0, 0.1) is 0 Å². The summed E-state index contributed by atoms with van der Waals surface area (Å²) in [4.78, 5) is 4.49. The van der Waals surface area contributed by atoms with Crippen molar-refractivity contribution in [3.63, 3.8) is 0 Å². The highest BCUT2D eigenvalue weighted by Crippen LogP contribution is 2.29. The maximum absolute atomic E-state index is 12.5. The third-order valence-corrected chi connectivity index (χ3v) is 3.64. The van der Waals surface area contributed by atoms with Gasteiger partial charge in [-0.2, -0.15) is 13.2 Å². The molecule has 2 N–H and O–H groups in total. The smallest absolute Gasteiger partial charge is 0.357 e. The monoisotopic (exact) mass is 325 g/mol. The highest BCUT2D eigenvalue weighted by Gasteiger charge is 2.29. The Hall–Kier alpha value is -1.98. The molecule has 0 saturated carbocycles. The average Bonchev–Trinajstić information content (AvgIpc) is 3.00. The summed E-state index contributed by atoms with van der Waals surface area (Å²) in [6, 6.07) is 5.64. The lowest BCUT2D eigenvalue weighted by atomic mass is 10.1. The first-order chi connectivity index (χ1) is 11.0. The Morgan fingerprint density at radius 1 is 1.17 bits per heavy atom. The van der Waals surface area contributed by atoms with Crippen LogP contribution in [0.5, 0.6) is 0 Å². The molecule has 1 aliphatic rings. The van der Waals surface area contributed by atoms with Crippen LogP contribution in [-0.2, 0) is 12.6 Å². The molecular formula is C17H22F3N3. The van der Waals surface area contributed by atoms with Crippen LogP contribution in [0.3, 0.4) is 0 Å². The summed E-state index contributed by atoms with van der Waals surface area (Å²) < 4.78 is 37.5. The number of hydrogen-bond acceptors (Lipinski definition) is 1. The first-order valence-electron chi connectivity index (χ1n) is 7.85. The third-order valence-electron chi connectivity index (χ3n) is 3.64. The first-order valence-corrected chi connectivity index (χ1v) is 7.85. The predicted octanol–water partition coefficient (Wildman–Crippen LogP) is 3.52. The van der Waals surface area contributed by atoms with Gasteiger partial charge in [-0.15, -0.1) is 0 Å². The lowest BCUT2D eigenvalue weighted by Gasteiger charge is -2.16. The van der Waals surface area contributed by atoms with Crippen molar-refractivity contribution in [2.24, 2.45) is 4.99 Å². The molecule has 0 amide bonds. The summed E-state index contributed by atoms with van der Waals surface area (Å²) in [7, 11) is 0. The van der Waals surface area contributed by atoms with Crippen LogP contribution in [0.4, 0.5) is 13.2 Å². The summed E-state index contributed by atoms with van der Waals surface area (Å²) in [5.74, 6) is 0.758. The quantitative estimate of drug-likeness (QED) is 0.494. The van der Waals surface area contributed by atoms with Crippen LogP contribution < -0.4 is 10.6 Å². The number of halogens is 3. The van der Waals surface area contributed by atoms with Crippen LogP contribution in [0.25, 0.3) is 0 Å². The van der Waals surface area contributed by atoms with Crippen LogP contribution in [0.15, 0.2) is 41.4 Å². The van der Waals surface area contributed by atoms with Gasteiger partial charge in [0.2, 0.25) is 0 Å². The zero-order chi connectivity index (χ0) is 16.7. The molecule has 3 nitrogen and oxygen atoms in total. The fourth-order valence-electron chi connectivity index (χ4n) is 2.41. The zero-order valence-corrected chi connectivity index (χ0v) is 13.2. The molecule has 23 heavy (non-hydrogen) atoms. The average molecular weight is 325 g/mol. The van der Waals surface area contributed by atoms with E-state index in [0.717, 1.165) is 43.0 Å². The number of benzene rings is 1. The number of nitrogens with one attached hydrogen (secondary N) is 2. The van der Waals surface area contributed by atoms with Crippen molar-refractivity contribution in [3.8, 4) is 0 Å². The van der Waals surface area contributed by atoms with E-state index < -0.39 is 11.7 Å². The van der Waals surface area contributed by atoms with E-state index in [9.17, 15) is 13.2 Å². The minimum absolute atomic E-state index is 0.374. The second-order valence-corrected chi connectivity index (χ2v) is 5.49. The Balaban J connectivity index is 1.87. The molecular weight excluding hydrogens is 303 g/mol. The highest BCUT2D eigenvalue weighted by atomic mass is 19.4. The summed E-state index contributed by atoms with van der Waals surface area (Å²) >= 11 is 0. The molecule has 0 unspecified atom stereocenters. The van der Waals surface area contributed by atoms with Crippen LogP contribution in [0.2, 0.25) is 0 Å². The van der Waals surface area contributed by atoms with E-state index in [4.69, 9.17) is 0 Å². The number of aliphatic imine (C=N–C) groups is 1. The Morgan fingerprint density at radius 3 is 2.39 bits per heavy atom. The Bertz CT molecular complexity index is 539. The van der Waals surface area contributed by atoms with Crippen molar-refractivity contribution in [1.82, 2.24) is 10.6 Å². The summed E-state index contributed by atoms with van der Waals surface area (Å²) in [5.41, 5.74) is 0.230. The van der Waals surface area contributed by atoms with Crippen molar-refractivity contribution in [1.29, 1.82) is 0 Å². The number of rotatable bonds is 5. The van der Waals surface area contributed by atoms with Gasteiger partial charge in [-0.25, -0.2) is 0 Å². The first kappa shape index (κ1) is 17.4. The molecule has 0 aromatic heterocycles. The standard InChI is InChI=1S/C17H22F3N3/c1-2-21-16(23-15-5-3-4-6-15)22-12-11-13-7-9-14(10-8-13)17(18,19)20/h3-4,7-10,15H,2,5-6,11-12H2,1H3,(H2,21,22,23). The number of hydrogen-bond donors (Lipinski definition) is 2. The Morgan fingerprint density at radius 2 is 1.83 bits per heavy atom. The van der Waals surface area contributed by atoms with E-state index in [1.807, 2.05) is 6.92 Å². The fourth-order valence-corrected chi connectivity index (χ4v) is 2.41. The molecule has 0 bridgehead atoms. The van der Waals surface area contributed by atoms with E-state index in [2.05, 4.69) is 27.8 Å². The lowest BCUT2D eigenvalue weighted by molar-refractivity contribution is -0.137. The van der Waals surface area contributed by atoms with Crippen LogP contribution in [-0.4, -0.2) is 25.1 Å². The molecule has 0 radical (unpaired) electrons. The minimum atomic E-state index is -4.28. The second kappa shape index (κ2) is 8.04. The van der Waals surface area contributed by atoms with Gasteiger partial charge in [0.1, 0.15) is 0 Å². The van der Waals surface area contributed by atoms with Gasteiger partial charge in [0.25, 0.3) is 0 Å². The minimum Gasteiger partial charge on any atom is -0.357 e. The van der Waals surface area contributed by atoms with E-state index in [1.54, 1.807) is 0 Å². The van der Waals surface area contributed by atoms with Gasteiger partial charge in [0.05, 0.1) is 5.56 Å². The summed E-state index contributed by atoms with van der Waals surface area (Å²) in [6.45, 7) is 3.30. The van der Waals surface area contributed by atoms with Gasteiger partial charge >= 0.3 is 6.18 Å². The van der Waals surface area contributed by atoms with Gasteiger partial charge in [0.15, 0.2) is 5.96 Å². The molecule has 1 aromatic carbocycles. The molecule has 0 saturated heterocycles. The molecule has 0 aliphatic heterocycles. The van der Waals surface area contributed by atoms with Gasteiger partial charge in [0, 0.05) is 19.1 Å². The highest BCUT2D eigenvalue weighted by molar-refractivity contribution is 5.80. The number of guanidine groups is 1. The van der Waals surface area contributed by atoms with E-state index in [-0.39, 0.29) is 0 Å². The molecule has 0 atom stereocenters. The zero-order valence-electron chi connectivity index (χ0n) is 13.2. The van der Waals surface area contributed by atoms with Crippen molar-refractivity contribution >= 4 is 5.96 Å². The summed E-state index contributed by atoms with van der Waals surface area (Å²) in [6.07, 6.45) is 2.59. The SMILES string of the molecule is CCNC(=NCCc1ccc(C(F)(F)F)cc1)NC1CC=CC1. The topological polar surface area (TPSA) is 36.4 Å². The normalized spacial score (nSPS) is 15.9. The molecule has 0 fully saturated rings. The van der Waals surface area contributed by atoms with E-state index in [0.29, 0.717) is 19.0 Å². The summed E-state index contributed by atoms with van der Waals surface area (Å²) in [5, 5.41) is 6.55. The largest absolute Gasteiger partial charge is 0.416 e. The van der Waals surface area contributed by atoms with Crippen molar-refractivity contribution in [2.45, 2.75) is 38.4 Å². The second-order valence-electron chi connectivity index (χ2n) is 5.49. The molecule has 1 aliphatic carbocycles. The lowest BCUT2D eigenvalue weighted by Crippen LogP contribution is -2.42. The van der Waals surface area contributed by atoms with Crippen LogP contribution in [0.1, 0.15) is 30.9 Å². The number of alkyl halides is 3. The molecule has 126 valence electrons. The van der Waals surface area contributed by atoms with E-state index in [1.165, 1.54) is 12.1 Å². The predicted molar refractivity (Wildman–Crippen MR) is 86.4 cm³/mol. The molecule has 2 rings (SSSR count). The molecule has 1 aromatic rings. The Labute approximate surface area is 134 Å².